The lowest BCUT2D eigenvalue weighted by molar-refractivity contribution is 0.453. The second kappa shape index (κ2) is 4.32. The van der Waals surface area contributed by atoms with Crippen LogP contribution in [0, 0.1) is 12.3 Å². The molecule has 13 heavy (non-hydrogen) atoms. The molecule has 72 valence electrons. The molecule has 1 heterocycles. The Hall–Kier alpha value is -0.970. The zero-order valence-corrected chi connectivity index (χ0v) is 8.52. The quantitative estimate of drug-likeness (QED) is 0.440. The summed E-state index contributed by atoms with van der Waals surface area (Å²) in [4.78, 5) is 4.12. The van der Waals surface area contributed by atoms with Crippen molar-refractivity contribution in [2.45, 2.75) is 30.7 Å². The van der Waals surface area contributed by atoms with Crippen molar-refractivity contribution in [2.75, 3.05) is 0 Å². The maximum atomic E-state index is 7.30. The Morgan fingerprint density at radius 2 is 2.54 bits per heavy atom. The third-order valence-corrected chi connectivity index (χ3v) is 2.82. The summed E-state index contributed by atoms with van der Waals surface area (Å²) in [6.45, 7) is 3.84. The van der Waals surface area contributed by atoms with Crippen LogP contribution in [0.3, 0.4) is 0 Å². The molecule has 0 amide bonds. The van der Waals surface area contributed by atoms with Gasteiger partial charge in [-0.3, -0.25) is 5.41 Å². The first-order chi connectivity index (χ1) is 6.13. The molecule has 1 atom stereocenters. The van der Waals surface area contributed by atoms with Crippen LogP contribution in [0.4, 0.5) is 0 Å². The molecular weight excluding hydrogens is 186 g/mol. The Kier molecular flexibility index (Phi) is 3.36. The lowest BCUT2D eigenvalue weighted by Gasteiger charge is -2.08. The smallest absolute Gasteiger partial charge is 0.256 e. The fraction of sp³-hybridized carbons (Fsp3) is 0.500. The SMILES string of the molecule is CCC(Sc1nc(C)co1)C(=N)N. The van der Waals surface area contributed by atoms with E-state index in [0.717, 1.165) is 12.1 Å². The summed E-state index contributed by atoms with van der Waals surface area (Å²) in [6.07, 6.45) is 2.40. The van der Waals surface area contributed by atoms with Crippen molar-refractivity contribution in [3.63, 3.8) is 0 Å². The zero-order chi connectivity index (χ0) is 9.84. The van der Waals surface area contributed by atoms with Gasteiger partial charge in [0.25, 0.3) is 5.22 Å². The average molecular weight is 199 g/mol. The van der Waals surface area contributed by atoms with E-state index in [1.807, 2.05) is 13.8 Å². The van der Waals surface area contributed by atoms with Gasteiger partial charge in [0.05, 0.1) is 10.9 Å². The van der Waals surface area contributed by atoms with Crippen molar-refractivity contribution in [3.05, 3.63) is 12.0 Å². The highest BCUT2D eigenvalue weighted by Crippen LogP contribution is 2.24. The van der Waals surface area contributed by atoms with Gasteiger partial charge in [-0.05, 0) is 13.3 Å². The highest BCUT2D eigenvalue weighted by molar-refractivity contribution is 8.00. The van der Waals surface area contributed by atoms with E-state index in [0.29, 0.717) is 5.22 Å². The molecular formula is C8H13N3OS. The third kappa shape index (κ3) is 2.77. The van der Waals surface area contributed by atoms with E-state index in [4.69, 9.17) is 15.6 Å². The first-order valence-corrected chi connectivity index (χ1v) is 4.94. The van der Waals surface area contributed by atoms with Crippen LogP contribution >= 0.6 is 11.8 Å². The first-order valence-electron chi connectivity index (χ1n) is 4.06. The summed E-state index contributed by atoms with van der Waals surface area (Å²) < 4.78 is 5.15. The Morgan fingerprint density at radius 3 is 2.92 bits per heavy atom. The molecule has 5 heteroatoms. The van der Waals surface area contributed by atoms with Gasteiger partial charge in [0.2, 0.25) is 0 Å². The third-order valence-electron chi connectivity index (χ3n) is 1.56. The monoisotopic (exact) mass is 199 g/mol. The van der Waals surface area contributed by atoms with E-state index >= 15 is 0 Å². The van der Waals surface area contributed by atoms with Gasteiger partial charge in [0.15, 0.2) is 0 Å². The fourth-order valence-corrected chi connectivity index (χ4v) is 1.71. The highest BCUT2D eigenvalue weighted by atomic mass is 32.2. The Morgan fingerprint density at radius 1 is 1.85 bits per heavy atom. The van der Waals surface area contributed by atoms with Gasteiger partial charge >= 0.3 is 0 Å². The molecule has 0 aromatic carbocycles. The van der Waals surface area contributed by atoms with Crippen LogP contribution in [-0.2, 0) is 0 Å². The number of nitrogens with two attached hydrogens (primary N) is 1. The first kappa shape index (κ1) is 10.1. The molecule has 1 rings (SSSR count). The Bertz CT molecular complexity index is 297. The lowest BCUT2D eigenvalue weighted by Crippen LogP contribution is -2.24. The number of nitrogens with one attached hydrogen (secondary N) is 1. The van der Waals surface area contributed by atoms with Gasteiger partial charge in [0.1, 0.15) is 12.1 Å². The fourth-order valence-electron chi connectivity index (χ4n) is 0.875. The van der Waals surface area contributed by atoms with Crippen LogP contribution in [0.15, 0.2) is 15.9 Å². The molecule has 1 aromatic rings. The Labute approximate surface area is 81.4 Å². The molecule has 0 bridgehead atoms. The highest BCUT2D eigenvalue weighted by Gasteiger charge is 2.14. The van der Waals surface area contributed by atoms with E-state index in [9.17, 15) is 0 Å². The van der Waals surface area contributed by atoms with Gasteiger partial charge in [-0.2, -0.15) is 0 Å². The molecule has 0 saturated carbocycles. The lowest BCUT2D eigenvalue weighted by atomic mass is 10.3. The summed E-state index contributed by atoms with van der Waals surface area (Å²) in [6, 6.07) is 0. The predicted molar refractivity (Wildman–Crippen MR) is 53.1 cm³/mol. The van der Waals surface area contributed by atoms with Crippen molar-refractivity contribution in [1.29, 1.82) is 5.41 Å². The number of amidine groups is 1. The number of aryl methyl sites for hydroxylation is 1. The molecule has 3 N–H and O–H groups in total. The van der Waals surface area contributed by atoms with Crippen molar-refractivity contribution in [2.24, 2.45) is 5.73 Å². The largest absolute Gasteiger partial charge is 0.440 e. The van der Waals surface area contributed by atoms with Crippen LogP contribution in [0.25, 0.3) is 0 Å². The number of oxazole rings is 1. The second-order valence-electron chi connectivity index (χ2n) is 2.72. The van der Waals surface area contributed by atoms with Crippen molar-refractivity contribution >= 4 is 17.6 Å². The molecule has 1 unspecified atom stereocenters. The number of hydrogen-bond donors (Lipinski definition) is 2. The maximum Gasteiger partial charge on any atom is 0.256 e. The van der Waals surface area contributed by atoms with Crippen molar-refractivity contribution in [1.82, 2.24) is 4.98 Å². The van der Waals surface area contributed by atoms with Crippen LogP contribution < -0.4 is 5.73 Å². The molecule has 0 radical (unpaired) electrons. The van der Waals surface area contributed by atoms with Crippen LogP contribution in [0.2, 0.25) is 0 Å². The molecule has 0 saturated heterocycles. The van der Waals surface area contributed by atoms with E-state index in [1.54, 1.807) is 6.26 Å². The molecule has 0 spiro atoms. The van der Waals surface area contributed by atoms with Crippen molar-refractivity contribution in [3.8, 4) is 0 Å². The number of hydrogen-bond acceptors (Lipinski definition) is 4. The maximum absolute atomic E-state index is 7.30. The van der Waals surface area contributed by atoms with Gasteiger partial charge in [-0.15, -0.1) is 0 Å². The summed E-state index contributed by atoms with van der Waals surface area (Å²) in [5, 5.41) is 7.85. The number of aromatic nitrogens is 1. The normalized spacial score (nSPS) is 12.8. The van der Waals surface area contributed by atoms with Crippen LogP contribution in [0.5, 0.6) is 0 Å². The molecule has 0 aliphatic heterocycles. The minimum Gasteiger partial charge on any atom is -0.440 e. The van der Waals surface area contributed by atoms with Crippen LogP contribution in [-0.4, -0.2) is 16.1 Å². The van der Waals surface area contributed by atoms with E-state index in [-0.39, 0.29) is 11.1 Å². The number of nitrogens with zero attached hydrogens (tertiary/aromatic N) is 1. The van der Waals surface area contributed by atoms with E-state index in [2.05, 4.69) is 4.98 Å². The van der Waals surface area contributed by atoms with Gasteiger partial charge < -0.3 is 10.2 Å². The van der Waals surface area contributed by atoms with E-state index in [1.165, 1.54) is 11.8 Å². The summed E-state index contributed by atoms with van der Waals surface area (Å²) in [5.74, 6) is 0.170. The minimum atomic E-state index is -0.0296. The summed E-state index contributed by atoms with van der Waals surface area (Å²) in [7, 11) is 0. The molecule has 1 aromatic heterocycles. The predicted octanol–water partition coefficient (Wildman–Crippen LogP) is 1.79. The summed E-state index contributed by atoms with van der Waals surface area (Å²) >= 11 is 1.39. The van der Waals surface area contributed by atoms with Gasteiger partial charge in [-0.1, -0.05) is 18.7 Å². The van der Waals surface area contributed by atoms with Gasteiger partial charge in [-0.25, -0.2) is 4.98 Å². The molecule has 0 fully saturated rings. The summed E-state index contributed by atoms with van der Waals surface area (Å²) in [5.41, 5.74) is 6.24. The van der Waals surface area contributed by atoms with Crippen molar-refractivity contribution < 1.29 is 4.42 Å². The second-order valence-corrected chi connectivity index (χ2v) is 3.88. The molecule has 4 nitrogen and oxygen atoms in total. The van der Waals surface area contributed by atoms with Gasteiger partial charge in [0, 0.05) is 0 Å². The number of thioether (sulfide) groups is 1. The standard InChI is InChI=1S/C8H13N3OS/c1-3-6(7(9)10)13-8-11-5(2)4-12-8/h4,6H,3H2,1-2H3,(H3,9,10). The van der Waals surface area contributed by atoms with Crippen LogP contribution in [0.1, 0.15) is 19.0 Å². The average Bonchev–Trinajstić information content (AvgIpc) is 2.46. The molecule has 0 aliphatic rings. The molecule has 0 aliphatic carbocycles. The Balaban J connectivity index is 2.61. The van der Waals surface area contributed by atoms with E-state index < -0.39 is 0 Å². The zero-order valence-electron chi connectivity index (χ0n) is 7.70. The minimum absolute atomic E-state index is 0.0296. The number of rotatable bonds is 4. The topological polar surface area (TPSA) is 75.9 Å².